The number of nitrogens with two attached hydrogens (primary N) is 1. The first-order valence-electron chi connectivity index (χ1n) is 7.32. The number of pyridine rings is 1. The lowest BCUT2D eigenvalue weighted by molar-refractivity contribution is -0.274. The molecule has 26 heavy (non-hydrogen) atoms. The maximum absolute atomic E-state index is 12.3. The Bertz CT molecular complexity index is 964. The highest BCUT2D eigenvalue weighted by atomic mass is 35.5. The highest BCUT2D eigenvalue weighted by molar-refractivity contribution is 6.35. The van der Waals surface area contributed by atoms with Crippen molar-refractivity contribution in [2.75, 3.05) is 18.2 Å². The van der Waals surface area contributed by atoms with Crippen molar-refractivity contribution in [1.29, 1.82) is 0 Å². The van der Waals surface area contributed by atoms with Gasteiger partial charge in [-0.3, -0.25) is 0 Å². The SMILES string of the molecule is COc1cc(Nc2ccc(OC(F)(F)F)cc2N)nc2c(Cl)cccc12. The summed E-state index contributed by atoms with van der Waals surface area (Å²) in [5.41, 5.74) is 6.75. The summed E-state index contributed by atoms with van der Waals surface area (Å²) in [6.07, 6.45) is -4.79. The predicted molar refractivity (Wildman–Crippen MR) is 94.1 cm³/mol. The zero-order valence-electron chi connectivity index (χ0n) is 13.4. The number of aromatic nitrogens is 1. The Morgan fingerprint density at radius 3 is 2.58 bits per heavy atom. The minimum absolute atomic E-state index is 0.0618. The number of anilines is 3. The lowest BCUT2D eigenvalue weighted by Gasteiger charge is -2.14. The van der Waals surface area contributed by atoms with Crippen molar-refractivity contribution >= 4 is 39.7 Å². The van der Waals surface area contributed by atoms with Gasteiger partial charge in [0.05, 0.1) is 29.0 Å². The monoisotopic (exact) mass is 383 g/mol. The zero-order chi connectivity index (χ0) is 18.9. The number of fused-ring (bicyclic) bond motifs is 1. The van der Waals surface area contributed by atoms with Gasteiger partial charge < -0.3 is 20.5 Å². The Morgan fingerprint density at radius 1 is 1.15 bits per heavy atom. The van der Waals surface area contributed by atoms with Crippen LogP contribution in [-0.4, -0.2) is 18.5 Å². The van der Waals surface area contributed by atoms with Gasteiger partial charge in [-0.25, -0.2) is 4.98 Å². The molecule has 0 atom stereocenters. The molecule has 9 heteroatoms. The fraction of sp³-hybridized carbons (Fsp3) is 0.118. The smallest absolute Gasteiger partial charge is 0.496 e. The number of nitrogen functional groups attached to an aromatic ring is 1. The van der Waals surface area contributed by atoms with E-state index in [1.54, 1.807) is 18.2 Å². The summed E-state index contributed by atoms with van der Waals surface area (Å²) >= 11 is 6.18. The molecule has 0 aliphatic rings. The number of hydrogen-bond acceptors (Lipinski definition) is 5. The Labute approximate surface area is 151 Å². The van der Waals surface area contributed by atoms with Crippen LogP contribution in [0.5, 0.6) is 11.5 Å². The van der Waals surface area contributed by atoms with Crippen LogP contribution < -0.4 is 20.5 Å². The van der Waals surface area contributed by atoms with Crippen LogP contribution in [0.15, 0.2) is 42.5 Å². The molecule has 0 unspecified atom stereocenters. The Hall–Kier alpha value is -2.87. The summed E-state index contributed by atoms with van der Waals surface area (Å²) < 4.78 is 46.0. The van der Waals surface area contributed by atoms with Crippen molar-refractivity contribution in [2.45, 2.75) is 6.36 Å². The predicted octanol–water partition coefficient (Wildman–Crippen LogP) is 5.12. The molecule has 3 N–H and O–H groups in total. The topological polar surface area (TPSA) is 69.4 Å². The number of rotatable bonds is 4. The molecule has 3 rings (SSSR count). The fourth-order valence-electron chi connectivity index (χ4n) is 2.41. The van der Waals surface area contributed by atoms with Gasteiger partial charge in [0.1, 0.15) is 17.3 Å². The summed E-state index contributed by atoms with van der Waals surface area (Å²) in [5.74, 6) is 0.502. The minimum atomic E-state index is -4.79. The lowest BCUT2D eigenvalue weighted by Crippen LogP contribution is -2.17. The molecular weight excluding hydrogens is 371 g/mol. The van der Waals surface area contributed by atoms with Crippen LogP contribution in [0.2, 0.25) is 5.02 Å². The quantitative estimate of drug-likeness (QED) is 0.612. The number of ether oxygens (including phenoxy) is 2. The number of para-hydroxylation sites is 1. The van der Waals surface area contributed by atoms with E-state index in [0.29, 0.717) is 27.8 Å². The molecule has 2 aromatic carbocycles. The highest BCUT2D eigenvalue weighted by Crippen LogP contribution is 2.34. The molecule has 0 spiro atoms. The summed E-state index contributed by atoms with van der Waals surface area (Å²) in [7, 11) is 1.51. The van der Waals surface area contributed by atoms with Crippen molar-refractivity contribution in [3.8, 4) is 11.5 Å². The molecule has 0 amide bonds. The Balaban J connectivity index is 1.95. The average Bonchev–Trinajstić information content (AvgIpc) is 2.56. The van der Waals surface area contributed by atoms with Crippen LogP contribution >= 0.6 is 11.6 Å². The first-order chi connectivity index (χ1) is 12.3. The van der Waals surface area contributed by atoms with E-state index in [9.17, 15) is 13.2 Å². The molecule has 5 nitrogen and oxygen atoms in total. The van der Waals surface area contributed by atoms with E-state index in [1.807, 2.05) is 6.07 Å². The summed E-state index contributed by atoms with van der Waals surface area (Å²) in [6.45, 7) is 0. The first kappa shape index (κ1) is 17.9. The van der Waals surface area contributed by atoms with Gasteiger partial charge in [0.25, 0.3) is 0 Å². The van der Waals surface area contributed by atoms with E-state index in [-0.39, 0.29) is 5.69 Å². The second kappa shape index (κ2) is 6.80. The maximum Gasteiger partial charge on any atom is 0.573 e. The van der Waals surface area contributed by atoms with Gasteiger partial charge in [-0.15, -0.1) is 13.2 Å². The van der Waals surface area contributed by atoms with Crippen LogP contribution in [0.25, 0.3) is 10.9 Å². The van der Waals surface area contributed by atoms with Crippen molar-refractivity contribution < 1.29 is 22.6 Å². The number of alkyl halides is 3. The van der Waals surface area contributed by atoms with Crippen LogP contribution in [0, 0.1) is 0 Å². The van der Waals surface area contributed by atoms with Crippen molar-refractivity contribution in [3.05, 3.63) is 47.5 Å². The third-order valence-electron chi connectivity index (χ3n) is 3.49. The molecule has 1 heterocycles. The Morgan fingerprint density at radius 2 is 1.92 bits per heavy atom. The highest BCUT2D eigenvalue weighted by Gasteiger charge is 2.31. The van der Waals surface area contributed by atoms with E-state index in [0.717, 1.165) is 17.5 Å². The summed E-state index contributed by atoms with van der Waals surface area (Å²) in [4.78, 5) is 4.41. The van der Waals surface area contributed by atoms with Crippen LogP contribution in [0.1, 0.15) is 0 Å². The molecular formula is C17H13ClF3N3O2. The van der Waals surface area contributed by atoms with Gasteiger partial charge in [-0.1, -0.05) is 17.7 Å². The summed E-state index contributed by atoms with van der Waals surface area (Å²) in [6, 6.07) is 10.5. The van der Waals surface area contributed by atoms with Crippen LogP contribution in [-0.2, 0) is 0 Å². The maximum atomic E-state index is 12.3. The number of methoxy groups -OCH3 is 1. The third kappa shape index (κ3) is 3.85. The second-order valence-electron chi connectivity index (χ2n) is 5.27. The molecule has 0 aliphatic carbocycles. The minimum Gasteiger partial charge on any atom is -0.496 e. The van der Waals surface area contributed by atoms with E-state index in [2.05, 4.69) is 15.0 Å². The van der Waals surface area contributed by atoms with Crippen LogP contribution in [0.3, 0.4) is 0 Å². The summed E-state index contributed by atoms with van der Waals surface area (Å²) in [5, 5.41) is 4.11. The van der Waals surface area contributed by atoms with Gasteiger partial charge in [0, 0.05) is 17.5 Å². The van der Waals surface area contributed by atoms with Gasteiger partial charge >= 0.3 is 6.36 Å². The van der Waals surface area contributed by atoms with Crippen molar-refractivity contribution in [1.82, 2.24) is 4.98 Å². The number of benzene rings is 2. The van der Waals surface area contributed by atoms with Gasteiger partial charge in [0.2, 0.25) is 0 Å². The molecule has 3 aromatic rings. The van der Waals surface area contributed by atoms with Gasteiger partial charge in [-0.05, 0) is 24.3 Å². The molecule has 136 valence electrons. The first-order valence-corrected chi connectivity index (χ1v) is 7.70. The molecule has 0 radical (unpaired) electrons. The van der Waals surface area contributed by atoms with Crippen molar-refractivity contribution in [2.24, 2.45) is 0 Å². The van der Waals surface area contributed by atoms with E-state index in [1.165, 1.54) is 13.2 Å². The van der Waals surface area contributed by atoms with E-state index in [4.69, 9.17) is 22.1 Å². The number of halogens is 4. The molecule has 0 saturated carbocycles. The number of nitrogens with one attached hydrogen (secondary N) is 1. The molecule has 0 aliphatic heterocycles. The molecule has 0 bridgehead atoms. The van der Waals surface area contributed by atoms with E-state index >= 15 is 0 Å². The third-order valence-corrected chi connectivity index (χ3v) is 3.80. The molecule has 1 aromatic heterocycles. The average molecular weight is 384 g/mol. The zero-order valence-corrected chi connectivity index (χ0v) is 14.2. The van der Waals surface area contributed by atoms with Crippen LogP contribution in [0.4, 0.5) is 30.4 Å². The Kier molecular flexibility index (Phi) is 4.69. The molecule has 0 fully saturated rings. The standard InChI is InChI=1S/C17H13ClF3N3O2/c1-25-14-8-15(24-16-10(14)3-2-4-11(16)18)23-13-6-5-9(7-12(13)22)26-17(19,20)21/h2-8H,22H2,1H3,(H,23,24). The van der Waals surface area contributed by atoms with Crippen molar-refractivity contribution in [3.63, 3.8) is 0 Å². The molecule has 0 saturated heterocycles. The lowest BCUT2D eigenvalue weighted by atomic mass is 10.2. The van der Waals surface area contributed by atoms with Gasteiger partial charge in [0.15, 0.2) is 0 Å². The normalized spacial score (nSPS) is 11.4. The van der Waals surface area contributed by atoms with Gasteiger partial charge in [-0.2, -0.15) is 0 Å². The largest absolute Gasteiger partial charge is 0.573 e. The fourth-order valence-corrected chi connectivity index (χ4v) is 2.62. The number of hydrogen-bond donors (Lipinski definition) is 2. The second-order valence-corrected chi connectivity index (χ2v) is 5.67. The van der Waals surface area contributed by atoms with E-state index < -0.39 is 12.1 Å². The number of nitrogens with zero attached hydrogens (tertiary/aromatic N) is 1.